The molecular formula is C20H20F3N3O. The molecule has 0 spiro atoms. The number of hydrogen-bond acceptors (Lipinski definition) is 2. The van der Waals surface area contributed by atoms with Gasteiger partial charge in [-0.3, -0.25) is 9.20 Å². The van der Waals surface area contributed by atoms with Gasteiger partial charge in [0.25, 0.3) is 0 Å². The third-order valence-corrected chi connectivity index (χ3v) is 3.96. The minimum absolute atomic E-state index is 0.179. The number of hydrogen-bond donors (Lipinski definition) is 1. The Balaban J connectivity index is 2.03. The molecule has 4 nitrogen and oxygen atoms in total. The number of benzene rings is 1. The number of halogens is 3. The summed E-state index contributed by atoms with van der Waals surface area (Å²) in [6.07, 6.45) is -2.34. The zero-order valence-corrected chi connectivity index (χ0v) is 15.3. The molecule has 7 heteroatoms. The number of nitrogens with zero attached hydrogens (tertiary/aromatic N) is 2. The van der Waals surface area contributed by atoms with Crippen molar-refractivity contribution in [2.45, 2.75) is 33.4 Å². The van der Waals surface area contributed by atoms with Crippen molar-refractivity contribution in [3.63, 3.8) is 0 Å². The molecule has 2 heterocycles. The first-order valence-corrected chi connectivity index (χ1v) is 8.49. The molecule has 1 amide bonds. The Morgan fingerprint density at radius 3 is 2.33 bits per heavy atom. The van der Waals surface area contributed by atoms with Crippen LogP contribution >= 0.6 is 0 Å². The van der Waals surface area contributed by atoms with Crippen molar-refractivity contribution in [1.29, 1.82) is 0 Å². The van der Waals surface area contributed by atoms with E-state index in [1.54, 1.807) is 28.8 Å². The number of imidazole rings is 1. The van der Waals surface area contributed by atoms with Crippen LogP contribution in [0.15, 0.2) is 48.7 Å². The lowest BCUT2D eigenvalue weighted by molar-refractivity contribution is -0.137. The molecular weight excluding hydrogens is 355 g/mol. The molecule has 0 atom stereocenters. The molecule has 0 bridgehead atoms. The predicted octanol–water partition coefficient (Wildman–Crippen LogP) is 5.39. The van der Waals surface area contributed by atoms with Gasteiger partial charge >= 0.3 is 6.18 Å². The van der Waals surface area contributed by atoms with Crippen LogP contribution in [0.3, 0.4) is 0 Å². The van der Waals surface area contributed by atoms with E-state index in [0.29, 0.717) is 29.1 Å². The average molecular weight is 375 g/mol. The SMILES string of the molecule is CC(C)(C)CC(=O)Nc1c(-c2ccc(C(F)(F)F)cc2)nc2ccccn12. The maximum absolute atomic E-state index is 12.8. The van der Waals surface area contributed by atoms with Gasteiger partial charge in [0.1, 0.15) is 17.2 Å². The second-order valence-electron chi connectivity index (χ2n) is 7.60. The molecule has 0 radical (unpaired) electrons. The van der Waals surface area contributed by atoms with Crippen LogP contribution in [0.2, 0.25) is 0 Å². The molecule has 27 heavy (non-hydrogen) atoms. The van der Waals surface area contributed by atoms with Gasteiger partial charge in [0.05, 0.1) is 5.56 Å². The van der Waals surface area contributed by atoms with Crippen molar-refractivity contribution in [2.75, 3.05) is 5.32 Å². The zero-order chi connectivity index (χ0) is 19.8. The van der Waals surface area contributed by atoms with Gasteiger partial charge in [-0.2, -0.15) is 13.2 Å². The molecule has 1 N–H and O–H groups in total. The molecule has 142 valence electrons. The van der Waals surface area contributed by atoms with Gasteiger partial charge in [0, 0.05) is 18.2 Å². The highest BCUT2D eigenvalue weighted by Crippen LogP contribution is 2.33. The van der Waals surface area contributed by atoms with Gasteiger partial charge in [-0.1, -0.05) is 39.0 Å². The van der Waals surface area contributed by atoms with Gasteiger partial charge in [0.15, 0.2) is 0 Å². The van der Waals surface area contributed by atoms with Crippen LogP contribution < -0.4 is 5.32 Å². The number of rotatable bonds is 3. The lowest BCUT2D eigenvalue weighted by Gasteiger charge is -2.17. The number of carbonyl (C=O) groups is 1. The topological polar surface area (TPSA) is 46.4 Å². The normalized spacial score (nSPS) is 12.4. The highest BCUT2D eigenvalue weighted by molar-refractivity contribution is 5.94. The fourth-order valence-corrected chi connectivity index (χ4v) is 2.79. The standard InChI is InChI=1S/C20H20F3N3O/c1-19(2,3)12-16(27)25-18-17(24-15-6-4-5-11-26(15)18)13-7-9-14(10-8-13)20(21,22)23/h4-11H,12H2,1-3H3,(H,25,27). The van der Waals surface area contributed by atoms with Crippen molar-refractivity contribution in [3.05, 3.63) is 54.2 Å². The summed E-state index contributed by atoms with van der Waals surface area (Å²) in [6, 6.07) is 10.1. The molecule has 0 aliphatic rings. The summed E-state index contributed by atoms with van der Waals surface area (Å²) in [6.45, 7) is 5.87. The number of amides is 1. The molecule has 0 unspecified atom stereocenters. The third-order valence-electron chi connectivity index (χ3n) is 3.96. The van der Waals surface area contributed by atoms with Crippen molar-refractivity contribution in [3.8, 4) is 11.3 Å². The Morgan fingerprint density at radius 2 is 1.74 bits per heavy atom. The number of pyridine rings is 1. The lowest BCUT2D eigenvalue weighted by Crippen LogP contribution is -2.20. The van der Waals surface area contributed by atoms with Gasteiger partial charge in [-0.15, -0.1) is 0 Å². The second kappa shape index (κ2) is 6.72. The summed E-state index contributed by atoms with van der Waals surface area (Å²) in [5, 5.41) is 2.87. The maximum Gasteiger partial charge on any atom is 0.416 e. The summed E-state index contributed by atoms with van der Waals surface area (Å²) >= 11 is 0. The molecule has 3 rings (SSSR count). The third kappa shape index (κ3) is 4.30. The minimum Gasteiger partial charge on any atom is -0.310 e. The largest absolute Gasteiger partial charge is 0.416 e. The molecule has 0 aliphatic carbocycles. The van der Waals surface area contributed by atoms with Crippen LogP contribution in [0.25, 0.3) is 16.9 Å². The van der Waals surface area contributed by atoms with Crippen LogP contribution in [-0.4, -0.2) is 15.3 Å². The first-order valence-electron chi connectivity index (χ1n) is 8.49. The van der Waals surface area contributed by atoms with Crippen molar-refractivity contribution >= 4 is 17.4 Å². The molecule has 0 fully saturated rings. The molecule has 2 aromatic heterocycles. The summed E-state index contributed by atoms with van der Waals surface area (Å²) in [5.41, 5.74) is 0.598. The van der Waals surface area contributed by atoms with E-state index < -0.39 is 11.7 Å². The lowest BCUT2D eigenvalue weighted by atomic mass is 9.92. The van der Waals surface area contributed by atoms with E-state index >= 15 is 0 Å². The number of alkyl halides is 3. The van der Waals surface area contributed by atoms with Gasteiger partial charge in [-0.05, 0) is 29.7 Å². The van der Waals surface area contributed by atoms with E-state index in [4.69, 9.17) is 0 Å². The van der Waals surface area contributed by atoms with Gasteiger partial charge in [-0.25, -0.2) is 4.98 Å². The fraction of sp³-hybridized carbons (Fsp3) is 0.300. The molecule has 0 saturated heterocycles. The smallest absolute Gasteiger partial charge is 0.310 e. The summed E-state index contributed by atoms with van der Waals surface area (Å²) in [7, 11) is 0. The van der Waals surface area contributed by atoms with Crippen molar-refractivity contribution in [1.82, 2.24) is 9.38 Å². The Hall–Kier alpha value is -2.83. The van der Waals surface area contributed by atoms with Crippen LogP contribution in [0, 0.1) is 5.41 Å². The quantitative estimate of drug-likeness (QED) is 0.667. The highest BCUT2D eigenvalue weighted by Gasteiger charge is 2.30. The Kier molecular flexibility index (Phi) is 4.71. The maximum atomic E-state index is 12.8. The Morgan fingerprint density at radius 1 is 1.07 bits per heavy atom. The number of nitrogens with one attached hydrogen (secondary N) is 1. The minimum atomic E-state index is -4.40. The van der Waals surface area contributed by atoms with Crippen LogP contribution in [-0.2, 0) is 11.0 Å². The van der Waals surface area contributed by atoms with E-state index in [1.165, 1.54) is 12.1 Å². The van der Waals surface area contributed by atoms with Gasteiger partial charge < -0.3 is 5.32 Å². The molecule has 0 saturated carbocycles. The number of anilines is 1. The molecule has 0 aliphatic heterocycles. The summed E-state index contributed by atoms with van der Waals surface area (Å²) < 4.78 is 40.2. The van der Waals surface area contributed by atoms with E-state index in [2.05, 4.69) is 10.3 Å². The fourth-order valence-electron chi connectivity index (χ4n) is 2.79. The first kappa shape index (κ1) is 18.9. The Labute approximate surface area is 155 Å². The Bertz CT molecular complexity index is 967. The van der Waals surface area contributed by atoms with E-state index in [9.17, 15) is 18.0 Å². The monoisotopic (exact) mass is 375 g/mol. The summed E-state index contributed by atoms with van der Waals surface area (Å²) in [4.78, 5) is 16.9. The highest BCUT2D eigenvalue weighted by atomic mass is 19.4. The van der Waals surface area contributed by atoms with E-state index in [0.717, 1.165) is 12.1 Å². The van der Waals surface area contributed by atoms with E-state index in [-0.39, 0.29) is 11.3 Å². The van der Waals surface area contributed by atoms with Crippen molar-refractivity contribution in [2.24, 2.45) is 5.41 Å². The number of carbonyl (C=O) groups excluding carboxylic acids is 1. The molecule has 3 aromatic rings. The van der Waals surface area contributed by atoms with Crippen LogP contribution in [0.1, 0.15) is 32.8 Å². The van der Waals surface area contributed by atoms with Gasteiger partial charge in [0.2, 0.25) is 5.91 Å². The number of fused-ring (bicyclic) bond motifs is 1. The first-order chi connectivity index (χ1) is 12.5. The van der Waals surface area contributed by atoms with Crippen LogP contribution in [0.4, 0.5) is 19.0 Å². The van der Waals surface area contributed by atoms with Crippen molar-refractivity contribution < 1.29 is 18.0 Å². The summed E-state index contributed by atoms with van der Waals surface area (Å²) in [5.74, 6) is 0.265. The molecule has 1 aromatic carbocycles. The zero-order valence-electron chi connectivity index (χ0n) is 15.3. The predicted molar refractivity (Wildman–Crippen MR) is 98.3 cm³/mol. The van der Waals surface area contributed by atoms with Crippen LogP contribution in [0.5, 0.6) is 0 Å². The average Bonchev–Trinajstić information content (AvgIpc) is 2.91. The van der Waals surface area contributed by atoms with E-state index in [1.807, 2.05) is 20.8 Å². The second-order valence-corrected chi connectivity index (χ2v) is 7.60. The number of aromatic nitrogens is 2.